The molecule has 0 amide bonds. The van der Waals surface area contributed by atoms with Gasteiger partial charge >= 0.3 is 5.97 Å². The average molecular weight is 389 g/mol. The summed E-state index contributed by atoms with van der Waals surface area (Å²) < 4.78 is 6.59. The van der Waals surface area contributed by atoms with Crippen molar-refractivity contribution in [2.45, 2.75) is 105 Å². The molecule has 3 fully saturated rings. The van der Waals surface area contributed by atoms with Gasteiger partial charge in [-0.3, -0.25) is 4.79 Å². The van der Waals surface area contributed by atoms with Gasteiger partial charge in [0, 0.05) is 5.92 Å². The topological polar surface area (TPSA) is 26.3 Å². The number of ether oxygens (including phenoxy) is 1. The first-order valence-electron chi connectivity index (χ1n) is 12.0. The third kappa shape index (κ3) is 3.58. The molecule has 2 nitrogen and oxygen atoms in total. The monoisotopic (exact) mass is 388 g/mol. The Morgan fingerprint density at radius 2 is 1.64 bits per heavy atom. The van der Waals surface area contributed by atoms with Gasteiger partial charge in [-0.2, -0.15) is 0 Å². The SMILES string of the molecule is C=CC(C)(C)CC(C)(CC)C(=O)OC(CC)(CC)C1CC2CC1C1CCCC21. The van der Waals surface area contributed by atoms with E-state index in [0.29, 0.717) is 5.92 Å². The first kappa shape index (κ1) is 21.9. The van der Waals surface area contributed by atoms with E-state index in [1.807, 2.05) is 6.08 Å². The molecular formula is C26H44O2. The summed E-state index contributed by atoms with van der Waals surface area (Å²) in [7, 11) is 0. The summed E-state index contributed by atoms with van der Waals surface area (Å²) >= 11 is 0. The highest BCUT2D eigenvalue weighted by atomic mass is 16.6. The largest absolute Gasteiger partial charge is 0.458 e. The summed E-state index contributed by atoms with van der Waals surface area (Å²) in [4.78, 5) is 13.6. The van der Waals surface area contributed by atoms with E-state index in [1.54, 1.807) is 0 Å². The summed E-state index contributed by atoms with van der Waals surface area (Å²) in [6.07, 6.45) is 12.5. The molecule has 0 aromatic rings. The van der Waals surface area contributed by atoms with Gasteiger partial charge in [-0.1, -0.05) is 47.1 Å². The lowest BCUT2D eigenvalue weighted by Crippen LogP contribution is -2.49. The van der Waals surface area contributed by atoms with Crippen LogP contribution in [0.5, 0.6) is 0 Å². The van der Waals surface area contributed by atoms with Crippen molar-refractivity contribution >= 4 is 5.97 Å². The van der Waals surface area contributed by atoms with Crippen LogP contribution < -0.4 is 0 Å². The van der Waals surface area contributed by atoms with Crippen LogP contribution in [0.25, 0.3) is 0 Å². The van der Waals surface area contributed by atoms with Gasteiger partial charge in [0.25, 0.3) is 0 Å². The molecule has 0 spiro atoms. The molecule has 6 atom stereocenters. The zero-order chi connectivity index (χ0) is 20.7. The highest BCUT2D eigenvalue weighted by Crippen LogP contribution is 2.64. The fraction of sp³-hybridized carbons (Fsp3) is 0.885. The minimum atomic E-state index is -0.444. The molecule has 3 aliphatic carbocycles. The average Bonchev–Trinajstić information content (AvgIpc) is 3.38. The van der Waals surface area contributed by atoms with Crippen molar-refractivity contribution in [3.05, 3.63) is 12.7 Å². The molecule has 3 saturated carbocycles. The fourth-order valence-electron chi connectivity index (χ4n) is 7.39. The molecule has 2 heteroatoms. The third-order valence-corrected chi connectivity index (χ3v) is 9.27. The van der Waals surface area contributed by atoms with Crippen LogP contribution in [0.4, 0.5) is 0 Å². The second-order valence-electron chi connectivity index (χ2n) is 11.2. The second kappa shape index (κ2) is 7.80. The van der Waals surface area contributed by atoms with E-state index in [1.165, 1.54) is 32.1 Å². The Hall–Kier alpha value is -0.790. The number of hydrogen-bond donors (Lipinski definition) is 0. The van der Waals surface area contributed by atoms with E-state index in [9.17, 15) is 4.79 Å². The molecule has 0 radical (unpaired) electrons. The molecule has 0 aromatic carbocycles. The van der Waals surface area contributed by atoms with E-state index < -0.39 is 5.41 Å². The highest BCUT2D eigenvalue weighted by Gasteiger charge is 2.60. The minimum absolute atomic E-state index is 0.0272. The van der Waals surface area contributed by atoms with Crippen LogP contribution in [0.15, 0.2) is 12.7 Å². The second-order valence-corrected chi connectivity index (χ2v) is 11.2. The Bertz CT molecular complexity index is 587. The van der Waals surface area contributed by atoms with Crippen molar-refractivity contribution in [2.75, 3.05) is 0 Å². The smallest absolute Gasteiger partial charge is 0.312 e. The van der Waals surface area contributed by atoms with Crippen LogP contribution in [0.3, 0.4) is 0 Å². The molecule has 0 heterocycles. The summed E-state index contributed by atoms with van der Waals surface area (Å²) in [6.45, 7) is 17.0. The number of hydrogen-bond acceptors (Lipinski definition) is 2. The first-order chi connectivity index (χ1) is 13.1. The molecule has 0 saturated heterocycles. The zero-order valence-corrected chi connectivity index (χ0v) is 19.4. The molecule has 28 heavy (non-hydrogen) atoms. The molecule has 3 rings (SSSR count). The predicted molar refractivity (Wildman–Crippen MR) is 117 cm³/mol. The van der Waals surface area contributed by atoms with Gasteiger partial charge in [-0.05, 0) is 87.4 Å². The summed E-state index contributed by atoms with van der Waals surface area (Å²) in [5, 5.41) is 0. The Kier molecular flexibility index (Phi) is 6.10. The van der Waals surface area contributed by atoms with Gasteiger partial charge in [-0.25, -0.2) is 0 Å². The predicted octanol–water partition coefficient (Wildman–Crippen LogP) is 7.18. The number of esters is 1. The quantitative estimate of drug-likeness (QED) is 0.309. The number of rotatable bonds is 9. The number of fused-ring (bicyclic) bond motifs is 5. The van der Waals surface area contributed by atoms with Crippen molar-refractivity contribution in [2.24, 2.45) is 40.4 Å². The number of allylic oxidation sites excluding steroid dienone is 1. The lowest BCUT2D eigenvalue weighted by atomic mass is 9.67. The van der Waals surface area contributed by atoms with E-state index in [2.05, 4.69) is 48.1 Å². The van der Waals surface area contributed by atoms with Gasteiger partial charge in [-0.15, -0.1) is 6.58 Å². The van der Waals surface area contributed by atoms with Crippen LogP contribution in [-0.2, 0) is 9.53 Å². The third-order valence-electron chi connectivity index (χ3n) is 9.27. The lowest BCUT2D eigenvalue weighted by Gasteiger charge is -2.46. The van der Waals surface area contributed by atoms with E-state index in [4.69, 9.17) is 4.74 Å². The maximum atomic E-state index is 13.6. The Balaban J connectivity index is 1.80. The van der Waals surface area contributed by atoms with Crippen LogP contribution in [0.1, 0.15) is 99.3 Å². The van der Waals surface area contributed by atoms with Gasteiger partial charge in [0.1, 0.15) is 5.60 Å². The van der Waals surface area contributed by atoms with Crippen LogP contribution >= 0.6 is 0 Å². The van der Waals surface area contributed by atoms with E-state index >= 15 is 0 Å². The summed E-state index contributed by atoms with van der Waals surface area (Å²) in [6, 6.07) is 0. The molecule has 0 N–H and O–H groups in total. The maximum absolute atomic E-state index is 13.6. The summed E-state index contributed by atoms with van der Waals surface area (Å²) in [5.74, 6) is 4.19. The van der Waals surface area contributed by atoms with Crippen LogP contribution in [-0.4, -0.2) is 11.6 Å². The lowest BCUT2D eigenvalue weighted by molar-refractivity contribution is -0.185. The molecule has 2 bridgehead atoms. The molecule has 0 aliphatic heterocycles. The molecular weight excluding hydrogens is 344 g/mol. The van der Waals surface area contributed by atoms with Crippen molar-refractivity contribution in [1.29, 1.82) is 0 Å². The van der Waals surface area contributed by atoms with Gasteiger partial charge in [0.2, 0.25) is 0 Å². The van der Waals surface area contributed by atoms with Crippen molar-refractivity contribution < 1.29 is 9.53 Å². The van der Waals surface area contributed by atoms with Crippen molar-refractivity contribution in [3.63, 3.8) is 0 Å². The maximum Gasteiger partial charge on any atom is 0.312 e. The van der Waals surface area contributed by atoms with E-state index in [-0.39, 0.29) is 17.0 Å². The first-order valence-corrected chi connectivity index (χ1v) is 12.0. The summed E-state index contributed by atoms with van der Waals surface area (Å²) in [5.41, 5.74) is -0.770. The molecule has 0 aromatic heterocycles. The van der Waals surface area contributed by atoms with Crippen LogP contribution in [0.2, 0.25) is 0 Å². The fourth-order valence-corrected chi connectivity index (χ4v) is 7.39. The molecule has 6 unspecified atom stereocenters. The zero-order valence-electron chi connectivity index (χ0n) is 19.4. The van der Waals surface area contributed by atoms with Crippen molar-refractivity contribution in [3.8, 4) is 0 Å². The standard InChI is InChI=1S/C26H44O2/c1-8-24(5,6)17-25(7,9-2)23(27)28-26(10-3,11-4)22-16-18-15-21(22)20-14-12-13-19(18)20/h8,18-22H,1,9-17H2,2-7H3. The number of carbonyl (C=O) groups excluding carboxylic acids is 1. The van der Waals surface area contributed by atoms with Crippen LogP contribution in [0, 0.1) is 40.4 Å². The normalized spacial score (nSPS) is 34.1. The Labute approximate surface area is 173 Å². The Morgan fingerprint density at radius 1 is 1.00 bits per heavy atom. The van der Waals surface area contributed by atoms with E-state index in [0.717, 1.165) is 49.4 Å². The highest BCUT2D eigenvalue weighted by molar-refractivity contribution is 5.77. The van der Waals surface area contributed by atoms with Gasteiger partial charge in [0.15, 0.2) is 0 Å². The van der Waals surface area contributed by atoms with Gasteiger partial charge in [0.05, 0.1) is 5.41 Å². The molecule has 160 valence electrons. The molecule has 3 aliphatic rings. The van der Waals surface area contributed by atoms with Gasteiger partial charge < -0.3 is 4.74 Å². The Morgan fingerprint density at radius 3 is 2.21 bits per heavy atom. The number of carbonyl (C=O) groups is 1. The minimum Gasteiger partial charge on any atom is -0.458 e. The van der Waals surface area contributed by atoms with Crippen molar-refractivity contribution in [1.82, 2.24) is 0 Å².